The molecule has 2 rings (SSSR count). The lowest BCUT2D eigenvalue weighted by Crippen LogP contribution is -2.34. The quantitative estimate of drug-likeness (QED) is 0.689. The van der Waals surface area contributed by atoms with E-state index in [1.807, 2.05) is 31.2 Å². The molecule has 26 heavy (non-hydrogen) atoms. The van der Waals surface area contributed by atoms with Crippen molar-refractivity contribution in [1.29, 1.82) is 0 Å². The molecule has 6 nitrogen and oxygen atoms in total. The fourth-order valence-corrected chi connectivity index (χ4v) is 2.55. The number of nitrogens with two attached hydrogens (primary N) is 1. The Balaban J connectivity index is 2.01. The van der Waals surface area contributed by atoms with E-state index in [1.54, 1.807) is 24.3 Å². The Labute approximate surface area is 157 Å². The predicted molar refractivity (Wildman–Crippen MR) is 98.9 cm³/mol. The number of halogens is 1. The van der Waals surface area contributed by atoms with Gasteiger partial charge in [0, 0.05) is 10.6 Å². The first-order valence-electron chi connectivity index (χ1n) is 8.17. The van der Waals surface area contributed by atoms with E-state index in [-0.39, 0.29) is 13.0 Å². The van der Waals surface area contributed by atoms with Gasteiger partial charge in [-0.05, 0) is 30.7 Å². The fraction of sp³-hybridized carbons (Fsp3) is 0.263. The molecular formula is C19H21ClN2O4. The number of carbonyl (C=O) groups excluding carboxylic acids is 2. The number of hydrogen-bond acceptors (Lipinski definition) is 4. The molecule has 1 atom stereocenters. The number of para-hydroxylation sites is 1. The van der Waals surface area contributed by atoms with Crippen molar-refractivity contribution < 1.29 is 19.1 Å². The van der Waals surface area contributed by atoms with Crippen molar-refractivity contribution in [2.24, 2.45) is 5.73 Å². The van der Waals surface area contributed by atoms with Gasteiger partial charge in [0.1, 0.15) is 12.4 Å². The molecule has 0 radical (unpaired) electrons. The molecule has 0 bridgehead atoms. The summed E-state index contributed by atoms with van der Waals surface area (Å²) in [5.74, 6) is 0.206. The molecule has 7 heteroatoms. The average molecular weight is 377 g/mol. The summed E-state index contributed by atoms with van der Waals surface area (Å²) in [5.41, 5.74) is 6.69. The summed E-state index contributed by atoms with van der Waals surface area (Å²) in [7, 11) is 0. The van der Waals surface area contributed by atoms with Crippen LogP contribution in [-0.4, -0.2) is 18.6 Å². The zero-order valence-corrected chi connectivity index (χ0v) is 15.2. The van der Waals surface area contributed by atoms with E-state index >= 15 is 0 Å². The van der Waals surface area contributed by atoms with Crippen molar-refractivity contribution in [2.75, 3.05) is 6.61 Å². The summed E-state index contributed by atoms with van der Waals surface area (Å²) < 4.78 is 10.8. The van der Waals surface area contributed by atoms with E-state index in [9.17, 15) is 9.59 Å². The monoisotopic (exact) mass is 376 g/mol. The number of amides is 2. The zero-order valence-electron chi connectivity index (χ0n) is 14.4. The van der Waals surface area contributed by atoms with Gasteiger partial charge in [0.15, 0.2) is 0 Å². The molecule has 0 spiro atoms. The predicted octanol–water partition coefficient (Wildman–Crippen LogP) is 3.58. The van der Waals surface area contributed by atoms with Crippen LogP contribution < -0.4 is 15.8 Å². The van der Waals surface area contributed by atoms with Gasteiger partial charge in [-0.15, -0.1) is 0 Å². The summed E-state index contributed by atoms with van der Waals surface area (Å²) in [4.78, 5) is 23.5. The van der Waals surface area contributed by atoms with Gasteiger partial charge in [-0.25, -0.2) is 4.79 Å². The Bertz CT molecular complexity index is 749. The largest absolute Gasteiger partial charge is 0.493 e. The lowest BCUT2D eigenvalue weighted by atomic mass is 10.0. The van der Waals surface area contributed by atoms with Gasteiger partial charge in [0.05, 0.1) is 19.1 Å². The van der Waals surface area contributed by atoms with Crippen molar-refractivity contribution in [2.45, 2.75) is 26.0 Å². The second-order valence-electron chi connectivity index (χ2n) is 5.52. The van der Waals surface area contributed by atoms with Crippen LogP contribution in [0.1, 0.15) is 30.5 Å². The third-order valence-electron chi connectivity index (χ3n) is 3.62. The van der Waals surface area contributed by atoms with E-state index < -0.39 is 18.0 Å². The summed E-state index contributed by atoms with van der Waals surface area (Å²) in [6, 6.07) is 12.8. The average Bonchev–Trinajstić information content (AvgIpc) is 2.61. The van der Waals surface area contributed by atoms with Crippen LogP contribution in [0.3, 0.4) is 0 Å². The van der Waals surface area contributed by atoms with Gasteiger partial charge in [-0.1, -0.05) is 41.9 Å². The molecule has 0 fully saturated rings. The van der Waals surface area contributed by atoms with E-state index in [2.05, 4.69) is 5.32 Å². The van der Waals surface area contributed by atoms with Gasteiger partial charge >= 0.3 is 12.0 Å². The number of esters is 1. The fourth-order valence-electron chi connectivity index (χ4n) is 2.42. The van der Waals surface area contributed by atoms with Crippen LogP contribution in [0.2, 0.25) is 5.02 Å². The molecule has 0 aliphatic heterocycles. The highest BCUT2D eigenvalue weighted by Crippen LogP contribution is 2.22. The van der Waals surface area contributed by atoms with Crippen LogP contribution >= 0.6 is 11.6 Å². The number of benzene rings is 2. The normalized spacial score (nSPS) is 11.5. The molecule has 0 aliphatic rings. The highest BCUT2D eigenvalue weighted by molar-refractivity contribution is 6.30. The summed E-state index contributed by atoms with van der Waals surface area (Å²) >= 11 is 5.87. The second-order valence-corrected chi connectivity index (χ2v) is 5.95. The standard InChI is InChI=1S/C19H21ClN2O4/c1-2-25-17-6-4-3-5-14(17)12-26-18(23)11-16(22-19(21)24)13-7-9-15(20)10-8-13/h3-10,16H,2,11-12H2,1H3,(H3,21,22,24)/t16-/m1/s1. The first-order valence-corrected chi connectivity index (χ1v) is 8.55. The minimum Gasteiger partial charge on any atom is -0.493 e. The number of carbonyl (C=O) groups is 2. The lowest BCUT2D eigenvalue weighted by molar-refractivity contribution is -0.145. The van der Waals surface area contributed by atoms with Crippen molar-refractivity contribution in [3.63, 3.8) is 0 Å². The third-order valence-corrected chi connectivity index (χ3v) is 3.87. The van der Waals surface area contributed by atoms with E-state index in [0.717, 1.165) is 5.56 Å². The van der Waals surface area contributed by atoms with Gasteiger partial charge in [-0.2, -0.15) is 0 Å². The molecule has 138 valence electrons. The van der Waals surface area contributed by atoms with Crippen LogP contribution in [-0.2, 0) is 16.1 Å². The highest BCUT2D eigenvalue weighted by atomic mass is 35.5. The molecule has 2 amide bonds. The smallest absolute Gasteiger partial charge is 0.312 e. The van der Waals surface area contributed by atoms with E-state index in [4.69, 9.17) is 26.8 Å². The van der Waals surface area contributed by atoms with Crippen LogP contribution in [0, 0.1) is 0 Å². The molecule has 0 heterocycles. The Morgan fingerprint density at radius 3 is 2.50 bits per heavy atom. The Morgan fingerprint density at radius 1 is 1.15 bits per heavy atom. The molecule has 0 saturated heterocycles. The molecule has 0 aromatic heterocycles. The van der Waals surface area contributed by atoms with Crippen LogP contribution in [0.4, 0.5) is 4.79 Å². The van der Waals surface area contributed by atoms with Crippen LogP contribution in [0.5, 0.6) is 5.75 Å². The summed E-state index contributed by atoms with van der Waals surface area (Å²) in [6.07, 6.45) is -0.0542. The third kappa shape index (κ3) is 5.97. The molecule has 0 aliphatic carbocycles. The molecule has 0 saturated carbocycles. The number of hydrogen-bond donors (Lipinski definition) is 2. The Kier molecular flexibility index (Phi) is 7.29. The molecule has 2 aromatic rings. The first kappa shape index (κ1) is 19.6. The number of nitrogens with one attached hydrogen (secondary N) is 1. The van der Waals surface area contributed by atoms with Gasteiger partial charge in [-0.3, -0.25) is 4.79 Å². The Hall–Kier alpha value is -2.73. The Morgan fingerprint density at radius 2 is 1.85 bits per heavy atom. The maximum Gasteiger partial charge on any atom is 0.312 e. The second kappa shape index (κ2) is 9.68. The first-order chi connectivity index (χ1) is 12.5. The zero-order chi connectivity index (χ0) is 18.9. The minimum atomic E-state index is -0.723. The van der Waals surface area contributed by atoms with Gasteiger partial charge < -0.3 is 20.5 Å². The summed E-state index contributed by atoms with van der Waals surface area (Å²) in [5, 5.41) is 3.10. The highest BCUT2D eigenvalue weighted by Gasteiger charge is 2.19. The van der Waals surface area contributed by atoms with Gasteiger partial charge in [0.2, 0.25) is 0 Å². The number of urea groups is 1. The number of rotatable bonds is 8. The lowest BCUT2D eigenvalue weighted by Gasteiger charge is -2.18. The van der Waals surface area contributed by atoms with Crippen LogP contribution in [0.15, 0.2) is 48.5 Å². The van der Waals surface area contributed by atoms with Crippen molar-refractivity contribution in [1.82, 2.24) is 5.32 Å². The topological polar surface area (TPSA) is 90.7 Å². The van der Waals surface area contributed by atoms with Crippen molar-refractivity contribution in [3.05, 3.63) is 64.7 Å². The minimum absolute atomic E-state index is 0.0542. The maximum absolute atomic E-state index is 12.2. The SMILES string of the molecule is CCOc1ccccc1COC(=O)C[C@@H](NC(N)=O)c1ccc(Cl)cc1. The number of ether oxygens (including phenoxy) is 2. The molecule has 3 N–H and O–H groups in total. The molecule has 2 aromatic carbocycles. The van der Waals surface area contributed by atoms with Gasteiger partial charge in [0.25, 0.3) is 0 Å². The van der Waals surface area contributed by atoms with Crippen LogP contribution in [0.25, 0.3) is 0 Å². The molecular weight excluding hydrogens is 356 g/mol. The number of primary amides is 1. The van der Waals surface area contributed by atoms with Crippen molar-refractivity contribution in [3.8, 4) is 5.75 Å². The van der Waals surface area contributed by atoms with E-state index in [0.29, 0.717) is 22.9 Å². The maximum atomic E-state index is 12.2. The molecule has 0 unspecified atom stereocenters. The summed E-state index contributed by atoms with van der Waals surface area (Å²) in [6.45, 7) is 2.49. The van der Waals surface area contributed by atoms with Crippen molar-refractivity contribution >= 4 is 23.6 Å². The van der Waals surface area contributed by atoms with E-state index in [1.165, 1.54) is 0 Å².